The summed E-state index contributed by atoms with van der Waals surface area (Å²) >= 11 is 0. The Morgan fingerprint density at radius 1 is 1.11 bits per heavy atom. The van der Waals surface area contributed by atoms with Gasteiger partial charge in [0, 0.05) is 29.9 Å². The maximum atomic E-state index is 11.7. The highest BCUT2D eigenvalue weighted by Crippen LogP contribution is 2.28. The van der Waals surface area contributed by atoms with Gasteiger partial charge in [0.1, 0.15) is 11.8 Å². The predicted octanol–water partition coefficient (Wildman–Crippen LogP) is 1.84. The molecule has 28 heavy (non-hydrogen) atoms. The average Bonchev–Trinajstić information content (AvgIpc) is 3.10. The first-order valence-electron chi connectivity index (χ1n) is 8.89. The number of aryl methyl sites for hydroxylation is 1. The van der Waals surface area contributed by atoms with Crippen molar-refractivity contribution in [2.45, 2.75) is 19.9 Å². The molecule has 2 N–H and O–H groups in total. The highest BCUT2D eigenvalue weighted by Gasteiger charge is 2.24. The molecule has 0 saturated carbocycles. The van der Waals surface area contributed by atoms with E-state index in [1.807, 2.05) is 41.8 Å². The van der Waals surface area contributed by atoms with Crippen LogP contribution in [0.1, 0.15) is 16.8 Å². The second kappa shape index (κ2) is 6.06. The molecule has 142 valence electrons. The minimum absolute atomic E-state index is 0.275. The molecule has 0 atom stereocenters. The summed E-state index contributed by atoms with van der Waals surface area (Å²) in [4.78, 5) is 13.4. The molecule has 0 amide bonds. The van der Waals surface area contributed by atoms with E-state index < -0.39 is 10.2 Å². The van der Waals surface area contributed by atoms with E-state index in [2.05, 4.69) is 15.0 Å². The topological polar surface area (TPSA) is 107 Å². The molecule has 0 aliphatic carbocycles. The summed E-state index contributed by atoms with van der Waals surface area (Å²) in [7, 11) is -3.71. The van der Waals surface area contributed by atoms with Gasteiger partial charge in [-0.05, 0) is 48.7 Å². The maximum Gasteiger partial charge on any atom is 0.277 e. The largest absolute Gasteiger partial charge is 0.298 e. The molecule has 0 bridgehead atoms. The van der Waals surface area contributed by atoms with Crippen molar-refractivity contribution in [3.8, 4) is 5.69 Å². The normalized spacial score (nSPS) is 15.2. The van der Waals surface area contributed by atoms with Crippen molar-refractivity contribution in [1.82, 2.24) is 23.8 Å². The number of fused-ring (bicyclic) bond motifs is 4. The molecule has 0 saturated heterocycles. The lowest BCUT2D eigenvalue weighted by Crippen LogP contribution is -2.40. The van der Waals surface area contributed by atoms with Crippen LogP contribution < -0.4 is 5.14 Å². The molecule has 1 aliphatic rings. The number of hydrogen-bond donors (Lipinski definition) is 1. The fourth-order valence-corrected chi connectivity index (χ4v) is 4.42. The summed E-state index contributed by atoms with van der Waals surface area (Å²) in [6.07, 6.45) is 4.13. The fraction of sp³-hybridized carbons (Fsp3) is 0.211. The molecule has 8 nitrogen and oxygen atoms in total. The zero-order valence-electron chi connectivity index (χ0n) is 15.2. The Balaban J connectivity index is 1.67. The van der Waals surface area contributed by atoms with E-state index in [-0.39, 0.29) is 6.54 Å². The number of rotatable bonds is 2. The van der Waals surface area contributed by atoms with Gasteiger partial charge in [-0.1, -0.05) is 6.07 Å². The Kier molecular flexibility index (Phi) is 3.73. The van der Waals surface area contributed by atoms with Gasteiger partial charge in [0.25, 0.3) is 10.2 Å². The minimum atomic E-state index is -3.71. The highest BCUT2D eigenvalue weighted by atomic mass is 32.2. The molecule has 4 aromatic rings. The summed E-state index contributed by atoms with van der Waals surface area (Å²) < 4.78 is 26.8. The van der Waals surface area contributed by atoms with Crippen LogP contribution in [-0.4, -0.2) is 38.8 Å². The van der Waals surface area contributed by atoms with E-state index >= 15 is 0 Å². The molecule has 0 unspecified atom stereocenters. The van der Waals surface area contributed by atoms with E-state index in [4.69, 9.17) is 5.14 Å². The lowest BCUT2D eigenvalue weighted by molar-refractivity contribution is 0.392. The predicted molar refractivity (Wildman–Crippen MR) is 106 cm³/mol. The van der Waals surface area contributed by atoms with Crippen molar-refractivity contribution in [2.75, 3.05) is 6.54 Å². The summed E-state index contributed by atoms with van der Waals surface area (Å²) in [6.45, 7) is 2.61. The van der Waals surface area contributed by atoms with Gasteiger partial charge >= 0.3 is 0 Å². The molecule has 0 radical (unpaired) electrons. The van der Waals surface area contributed by atoms with Crippen LogP contribution in [0, 0.1) is 6.92 Å². The third-order valence-electron chi connectivity index (χ3n) is 5.18. The first kappa shape index (κ1) is 17.2. The van der Waals surface area contributed by atoms with Crippen molar-refractivity contribution in [1.29, 1.82) is 0 Å². The van der Waals surface area contributed by atoms with E-state index in [1.165, 1.54) is 4.31 Å². The molecule has 9 heteroatoms. The van der Waals surface area contributed by atoms with Crippen molar-refractivity contribution in [2.24, 2.45) is 5.14 Å². The zero-order chi connectivity index (χ0) is 19.5. The Bertz CT molecular complexity index is 1350. The number of pyridine rings is 2. The van der Waals surface area contributed by atoms with Gasteiger partial charge in [0.15, 0.2) is 5.65 Å². The van der Waals surface area contributed by atoms with Crippen LogP contribution in [-0.2, 0) is 23.2 Å². The summed E-state index contributed by atoms with van der Waals surface area (Å²) in [5, 5.41) is 6.24. The van der Waals surface area contributed by atoms with Gasteiger partial charge in [-0.2, -0.15) is 12.7 Å². The molecule has 5 rings (SSSR count). The molecule has 0 spiro atoms. The first-order valence-corrected chi connectivity index (χ1v) is 10.4. The number of imidazole rings is 1. The van der Waals surface area contributed by atoms with Gasteiger partial charge in [-0.3, -0.25) is 4.57 Å². The Labute approximate surface area is 161 Å². The van der Waals surface area contributed by atoms with Crippen LogP contribution in [0.4, 0.5) is 0 Å². The lowest BCUT2D eigenvalue weighted by Gasteiger charge is -2.26. The van der Waals surface area contributed by atoms with Crippen molar-refractivity contribution in [3.63, 3.8) is 0 Å². The SMILES string of the molecule is Cc1ccc2c(ncc3ncn(-c4ccc5c(c4)CN(S(N)(=O)=O)CC5)c32)n1. The average molecular weight is 394 g/mol. The molecule has 1 aromatic carbocycles. The summed E-state index contributed by atoms with van der Waals surface area (Å²) in [5.74, 6) is 0. The molecular weight excluding hydrogens is 376 g/mol. The van der Waals surface area contributed by atoms with E-state index in [0.29, 0.717) is 18.6 Å². The summed E-state index contributed by atoms with van der Waals surface area (Å²) in [6, 6.07) is 10.0. The van der Waals surface area contributed by atoms with Gasteiger partial charge in [0.05, 0.1) is 11.7 Å². The number of nitrogens with zero attached hydrogens (tertiary/aromatic N) is 5. The molecule has 1 aliphatic heterocycles. The van der Waals surface area contributed by atoms with Crippen LogP contribution >= 0.6 is 0 Å². The second-order valence-electron chi connectivity index (χ2n) is 7.01. The third kappa shape index (κ3) is 2.75. The van der Waals surface area contributed by atoms with Gasteiger partial charge in [0.2, 0.25) is 0 Å². The van der Waals surface area contributed by atoms with Crippen LogP contribution in [0.15, 0.2) is 42.9 Å². The number of aromatic nitrogens is 4. The molecule has 0 fully saturated rings. The Morgan fingerprint density at radius 2 is 1.96 bits per heavy atom. The molecule has 3 aromatic heterocycles. The Morgan fingerprint density at radius 3 is 2.79 bits per heavy atom. The molecular formula is C19H18N6O2S. The third-order valence-corrected chi connectivity index (χ3v) is 6.21. The summed E-state index contributed by atoms with van der Waals surface area (Å²) in [5.41, 5.74) is 6.28. The van der Waals surface area contributed by atoms with Crippen molar-refractivity contribution < 1.29 is 8.42 Å². The quantitative estimate of drug-likeness (QED) is 0.558. The van der Waals surface area contributed by atoms with Crippen LogP contribution in [0.25, 0.3) is 27.8 Å². The molecule has 4 heterocycles. The monoisotopic (exact) mass is 394 g/mol. The van der Waals surface area contributed by atoms with Crippen LogP contribution in [0.5, 0.6) is 0 Å². The van der Waals surface area contributed by atoms with Crippen LogP contribution in [0.2, 0.25) is 0 Å². The van der Waals surface area contributed by atoms with Crippen molar-refractivity contribution in [3.05, 3.63) is 59.7 Å². The Hall–Kier alpha value is -2.88. The lowest BCUT2D eigenvalue weighted by atomic mass is 10.0. The fourth-order valence-electron chi connectivity index (χ4n) is 3.75. The van der Waals surface area contributed by atoms with Gasteiger partial charge in [-0.25, -0.2) is 20.1 Å². The van der Waals surface area contributed by atoms with Crippen LogP contribution in [0.3, 0.4) is 0 Å². The second-order valence-corrected chi connectivity index (χ2v) is 8.56. The number of nitrogens with two attached hydrogens (primary N) is 1. The number of benzene rings is 1. The van der Waals surface area contributed by atoms with E-state index in [0.717, 1.165) is 38.9 Å². The maximum absolute atomic E-state index is 11.7. The van der Waals surface area contributed by atoms with E-state index in [1.54, 1.807) is 12.5 Å². The smallest absolute Gasteiger partial charge is 0.277 e. The van der Waals surface area contributed by atoms with Crippen molar-refractivity contribution >= 4 is 32.3 Å². The minimum Gasteiger partial charge on any atom is -0.298 e. The number of hydrogen-bond acceptors (Lipinski definition) is 5. The first-order chi connectivity index (χ1) is 13.4. The standard InChI is InChI=1S/C19H18N6O2S/c1-12-2-5-16-18-17(9-21-19(16)23-12)22-11-25(18)15-4-3-13-6-7-24(28(20,26)27)10-14(13)8-15/h2-5,8-9,11H,6-7,10H2,1H3,(H2,20,26,27). The highest BCUT2D eigenvalue weighted by molar-refractivity contribution is 7.86. The van der Waals surface area contributed by atoms with E-state index in [9.17, 15) is 8.42 Å². The van der Waals surface area contributed by atoms with Gasteiger partial charge in [-0.15, -0.1) is 0 Å². The zero-order valence-corrected chi connectivity index (χ0v) is 16.0. The van der Waals surface area contributed by atoms with Gasteiger partial charge < -0.3 is 0 Å².